The van der Waals surface area contributed by atoms with Crippen LogP contribution in [-0.2, 0) is 14.2 Å². The van der Waals surface area contributed by atoms with Crippen LogP contribution in [0, 0.1) is 11.1 Å². The van der Waals surface area contributed by atoms with E-state index >= 15 is 0 Å². The molecule has 0 rings (SSSR count). The Morgan fingerprint density at radius 1 is 0.696 bits per heavy atom. The first-order valence-electron chi connectivity index (χ1n) is 6.36. The molecule has 0 aromatic carbocycles. The molecule has 0 aliphatic carbocycles. The minimum absolute atomic E-state index is 0.0413. The highest BCUT2D eigenvalue weighted by Crippen LogP contribution is 1.80. The van der Waals surface area contributed by atoms with E-state index in [0.717, 1.165) is 12.7 Å². The van der Waals surface area contributed by atoms with Gasteiger partial charge in [0.05, 0.1) is 52.9 Å². The molecule has 13 heteroatoms. The van der Waals surface area contributed by atoms with E-state index in [0.29, 0.717) is 39.6 Å². The van der Waals surface area contributed by atoms with Crippen molar-refractivity contribution in [2.45, 2.75) is 0 Å². The van der Waals surface area contributed by atoms with Gasteiger partial charge in [-0.15, -0.1) is 10.2 Å². The summed E-state index contributed by atoms with van der Waals surface area (Å²) in [4.78, 5) is 0. The van der Waals surface area contributed by atoms with Crippen molar-refractivity contribution >= 4 is 12.7 Å². The summed E-state index contributed by atoms with van der Waals surface area (Å²) in [7, 11) is 0. The Labute approximate surface area is 134 Å². The monoisotopic (exact) mass is 338 g/mol. The van der Waals surface area contributed by atoms with E-state index in [1.165, 1.54) is 0 Å². The number of hydrogen-bond donors (Lipinski definition) is 6. The van der Waals surface area contributed by atoms with Crippen LogP contribution in [0.2, 0.25) is 0 Å². The lowest BCUT2D eigenvalue weighted by atomic mass is 10.7. The van der Waals surface area contributed by atoms with Gasteiger partial charge in [-0.05, 0) is 0 Å². The van der Waals surface area contributed by atoms with E-state index in [-0.39, 0.29) is 13.2 Å². The molecule has 0 aromatic rings. The van der Waals surface area contributed by atoms with Gasteiger partial charge in [-0.1, -0.05) is 0 Å². The van der Waals surface area contributed by atoms with Gasteiger partial charge in [-0.25, -0.2) is 11.1 Å². The van der Waals surface area contributed by atoms with Crippen LogP contribution in [0.5, 0.6) is 0 Å². The molecule has 0 unspecified atom stereocenters. The van der Waals surface area contributed by atoms with Crippen LogP contribution in [0.3, 0.4) is 0 Å². The lowest BCUT2D eigenvalue weighted by molar-refractivity contribution is 0.00230. The summed E-state index contributed by atoms with van der Waals surface area (Å²) in [6.45, 7) is 2.76. The molecule has 0 amide bonds. The number of nitrogens with two attached hydrogens (primary N) is 2. The molecule has 0 atom stereocenters. The van der Waals surface area contributed by atoms with E-state index < -0.39 is 0 Å². The summed E-state index contributed by atoms with van der Waals surface area (Å²) in [6, 6.07) is 0. The van der Waals surface area contributed by atoms with Gasteiger partial charge in [-0.3, -0.25) is 0 Å². The number of aliphatic hydroxyl groups excluding tert-OH is 2. The lowest BCUT2D eigenvalue weighted by Gasteiger charge is -2.04. The number of nitrogens with one attached hydrogen (secondary N) is 2. The molecule has 0 saturated carbocycles. The second-order valence-corrected chi connectivity index (χ2v) is 3.07. The maximum Gasteiger partial charge on any atom is 0.156 e. The molecule has 0 aromatic heterocycles. The molecule has 0 spiro atoms. The van der Waals surface area contributed by atoms with Crippen molar-refractivity contribution in [3.8, 4) is 0 Å². The highest BCUT2D eigenvalue weighted by Gasteiger charge is 1.89. The fourth-order valence-electron chi connectivity index (χ4n) is 0.738. The molecule has 13 nitrogen and oxygen atoms in total. The zero-order valence-corrected chi connectivity index (χ0v) is 12.9. The van der Waals surface area contributed by atoms with Gasteiger partial charge in [0, 0.05) is 0 Å². The summed E-state index contributed by atoms with van der Waals surface area (Å²) in [5.74, 6) is 8.99. The largest absolute Gasteiger partial charge is 0.394 e. The molecule has 136 valence electrons. The molecule has 23 heavy (non-hydrogen) atoms. The van der Waals surface area contributed by atoms with E-state index in [1.54, 1.807) is 0 Å². The van der Waals surface area contributed by atoms with Crippen LogP contribution in [0.4, 0.5) is 0 Å². The van der Waals surface area contributed by atoms with Gasteiger partial charge in [0.2, 0.25) is 0 Å². The SMILES string of the molecule is N=NC=NN.N=NC=NN.OCCOCCOCCOCCO. The fraction of sp³-hybridized carbons (Fsp3) is 0.800. The van der Waals surface area contributed by atoms with Crippen LogP contribution in [0.15, 0.2) is 20.4 Å². The average Bonchev–Trinajstić information content (AvgIpc) is 2.56. The van der Waals surface area contributed by atoms with E-state index in [1.807, 2.05) is 0 Å². The molecule has 0 aliphatic heterocycles. The zero-order valence-electron chi connectivity index (χ0n) is 12.9. The maximum absolute atomic E-state index is 8.36. The van der Waals surface area contributed by atoms with Crippen molar-refractivity contribution in [1.29, 1.82) is 11.1 Å². The van der Waals surface area contributed by atoms with Gasteiger partial charge in [-0.2, -0.15) is 10.2 Å². The summed E-state index contributed by atoms with van der Waals surface area (Å²) < 4.78 is 15.0. The molecule has 0 saturated heterocycles. The quantitative estimate of drug-likeness (QED) is 0.0640. The first kappa shape index (κ1) is 25.9. The molecular formula is C10H26N8O5. The highest BCUT2D eigenvalue weighted by atomic mass is 16.5. The summed E-state index contributed by atoms with van der Waals surface area (Å²) in [5.41, 5.74) is 12.0. The van der Waals surface area contributed by atoms with Crippen molar-refractivity contribution in [2.75, 3.05) is 52.9 Å². The van der Waals surface area contributed by atoms with Crippen molar-refractivity contribution < 1.29 is 24.4 Å². The summed E-state index contributed by atoms with van der Waals surface area (Å²) in [6.07, 6.45) is 1.89. The van der Waals surface area contributed by atoms with Crippen molar-refractivity contribution in [3.05, 3.63) is 0 Å². The van der Waals surface area contributed by atoms with Crippen LogP contribution < -0.4 is 11.7 Å². The lowest BCUT2D eigenvalue weighted by Crippen LogP contribution is -2.11. The zero-order chi connectivity index (χ0) is 18.0. The molecule has 0 radical (unpaired) electrons. The Morgan fingerprint density at radius 2 is 1.00 bits per heavy atom. The van der Waals surface area contributed by atoms with Crippen molar-refractivity contribution in [3.63, 3.8) is 0 Å². The number of hydrogen-bond acceptors (Lipinski definition) is 11. The number of hydrazone groups is 2. The molecule has 0 bridgehead atoms. The molecule has 0 aliphatic rings. The smallest absolute Gasteiger partial charge is 0.156 e. The van der Waals surface area contributed by atoms with Gasteiger partial charge < -0.3 is 36.1 Å². The fourth-order valence-corrected chi connectivity index (χ4v) is 0.738. The standard InChI is InChI=1S/C8H18O5.2CH4N4/c9-1-3-11-5-7-13-8-6-12-4-2-10;2*2-4-1-5-3/h9-10H,1-8H2;2*1-2H,3H2. The van der Waals surface area contributed by atoms with Gasteiger partial charge in [0.25, 0.3) is 0 Å². The third-order valence-electron chi connectivity index (χ3n) is 1.46. The van der Waals surface area contributed by atoms with Crippen molar-refractivity contribution in [2.24, 2.45) is 32.1 Å². The predicted molar refractivity (Wildman–Crippen MR) is 82.3 cm³/mol. The Balaban J connectivity index is -0.000000329. The first-order valence-corrected chi connectivity index (χ1v) is 6.36. The molecule has 0 fully saturated rings. The molecular weight excluding hydrogens is 312 g/mol. The number of ether oxygens (including phenoxy) is 3. The van der Waals surface area contributed by atoms with E-state index in [4.69, 9.17) is 35.5 Å². The number of rotatable bonds is 12. The van der Waals surface area contributed by atoms with Crippen LogP contribution >= 0.6 is 0 Å². The van der Waals surface area contributed by atoms with Gasteiger partial charge in [0.15, 0.2) is 12.7 Å². The first-order chi connectivity index (χ1) is 11.2. The van der Waals surface area contributed by atoms with Crippen molar-refractivity contribution in [1.82, 2.24) is 0 Å². The summed E-state index contributed by atoms with van der Waals surface area (Å²) >= 11 is 0. The molecule has 8 N–H and O–H groups in total. The van der Waals surface area contributed by atoms with E-state index in [9.17, 15) is 0 Å². The predicted octanol–water partition coefficient (Wildman–Crippen LogP) is -1.14. The highest BCUT2D eigenvalue weighted by molar-refractivity contribution is 5.53. The Bertz CT molecular complexity index is 254. The Kier molecular flexibility index (Phi) is 36.0. The van der Waals surface area contributed by atoms with Gasteiger partial charge >= 0.3 is 0 Å². The minimum atomic E-state index is 0.0413. The average molecular weight is 338 g/mol. The topological polar surface area (TPSA) is 217 Å². The number of nitrogens with zero attached hydrogens (tertiary/aromatic N) is 4. The van der Waals surface area contributed by atoms with Crippen LogP contribution in [0.1, 0.15) is 0 Å². The van der Waals surface area contributed by atoms with Gasteiger partial charge in [0.1, 0.15) is 0 Å². The van der Waals surface area contributed by atoms with Crippen LogP contribution in [-0.4, -0.2) is 75.7 Å². The van der Waals surface area contributed by atoms with Crippen LogP contribution in [0.25, 0.3) is 0 Å². The molecule has 0 heterocycles. The summed E-state index contributed by atoms with van der Waals surface area (Å²) in [5, 5.41) is 27.8. The maximum atomic E-state index is 8.36. The number of aliphatic hydroxyl groups is 2. The normalized spacial score (nSPS) is 9.83. The Morgan fingerprint density at radius 3 is 1.17 bits per heavy atom. The third kappa shape index (κ3) is 45.0. The third-order valence-corrected chi connectivity index (χ3v) is 1.46. The van der Waals surface area contributed by atoms with E-state index in [2.05, 4.69) is 32.1 Å². The second kappa shape index (κ2) is 32.0. The minimum Gasteiger partial charge on any atom is -0.394 e. The Hall–Kier alpha value is -2.06. The second-order valence-electron chi connectivity index (χ2n) is 3.07.